The van der Waals surface area contributed by atoms with Gasteiger partial charge >= 0.3 is 7.60 Å². The highest BCUT2D eigenvalue weighted by atomic mass is 127. The molecule has 27 heavy (non-hydrogen) atoms. The Hall–Kier alpha value is 0.210. The Bertz CT molecular complexity index is 435. The van der Waals surface area contributed by atoms with Crippen molar-refractivity contribution in [1.82, 2.24) is 0 Å². The SMILES string of the molecule is CC.CCC(C)N.CCCCP(=O)(O)Oc1ccccc1.COCCSI. The second-order valence-corrected chi connectivity index (χ2v) is 9.71. The predicted molar refractivity (Wildman–Crippen MR) is 130 cm³/mol. The first kappa shape index (κ1) is 31.9. The number of rotatable bonds is 9. The van der Waals surface area contributed by atoms with Crippen molar-refractivity contribution in [2.45, 2.75) is 59.9 Å². The van der Waals surface area contributed by atoms with Crippen LogP contribution in [0.1, 0.15) is 53.9 Å². The maximum atomic E-state index is 11.5. The summed E-state index contributed by atoms with van der Waals surface area (Å²) in [6, 6.07) is 9.12. The van der Waals surface area contributed by atoms with Crippen LogP contribution in [0.25, 0.3) is 0 Å². The van der Waals surface area contributed by atoms with Crippen molar-refractivity contribution in [3.05, 3.63) is 30.3 Å². The second-order valence-electron chi connectivity index (χ2n) is 5.31. The zero-order chi connectivity index (χ0) is 21.6. The van der Waals surface area contributed by atoms with Gasteiger partial charge in [-0.2, -0.15) is 0 Å². The molecule has 2 unspecified atom stereocenters. The molecule has 0 aliphatic rings. The largest absolute Gasteiger partial charge is 0.424 e. The van der Waals surface area contributed by atoms with Gasteiger partial charge in [0.15, 0.2) is 0 Å². The molecule has 0 spiro atoms. The van der Waals surface area contributed by atoms with Crippen LogP contribution < -0.4 is 10.3 Å². The summed E-state index contributed by atoms with van der Waals surface area (Å²) in [4.78, 5) is 9.43. The molecule has 8 heteroatoms. The summed E-state index contributed by atoms with van der Waals surface area (Å²) in [5.74, 6) is 1.55. The fourth-order valence-electron chi connectivity index (χ4n) is 1.16. The molecule has 0 saturated carbocycles. The Morgan fingerprint density at radius 1 is 1.26 bits per heavy atom. The highest BCUT2D eigenvalue weighted by Crippen LogP contribution is 2.43. The third-order valence-electron chi connectivity index (χ3n) is 2.79. The second kappa shape index (κ2) is 24.2. The highest BCUT2D eigenvalue weighted by molar-refractivity contribution is 14.2. The van der Waals surface area contributed by atoms with Crippen molar-refractivity contribution in [2.24, 2.45) is 5.73 Å². The average molecular weight is 535 g/mol. The van der Waals surface area contributed by atoms with Crippen molar-refractivity contribution in [3.8, 4) is 5.75 Å². The molecule has 0 fully saturated rings. The van der Waals surface area contributed by atoms with Gasteiger partial charge in [-0.25, -0.2) is 4.57 Å². The zero-order valence-electron chi connectivity index (χ0n) is 17.7. The van der Waals surface area contributed by atoms with Crippen LogP contribution in [0.3, 0.4) is 0 Å². The summed E-state index contributed by atoms with van der Waals surface area (Å²) < 4.78 is 21.2. The topological polar surface area (TPSA) is 81.8 Å². The molecular formula is C19H39INO4PS. The van der Waals surface area contributed by atoms with E-state index in [1.807, 2.05) is 33.8 Å². The fourth-order valence-corrected chi connectivity index (χ4v) is 3.19. The van der Waals surface area contributed by atoms with Gasteiger partial charge in [0, 0.05) is 18.9 Å². The maximum absolute atomic E-state index is 11.5. The summed E-state index contributed by atoms with van der Waals surface area (Å²) >= 11 is 2.25. The van der Waals surface area contributed by atoms with Crippen LogP contribution >= 0.6 is 37.7 Å². The number of methoxy groups -OCH3 is 1. The van der Waals surface area contributed by atoms with Crippen LogP contribution in [-0.4, -0.2) is 36.6 Å². The number of unbranched alkanes of at least 4 members (excludes halogenated alkanes) is 1. The normalized spacial score (nSPS) is 12.6. The van der Waals surface area contributed by atoms with E-state index in [2.05, 4.69) is 28.1 Å². The Morgan fingerprint density at radius 2 is 1.78 bits per heavy atom. The predicted octanol–water partition coefficient (Wildman–Crippen LogP) is 6.54. The van der Waals surface area contributed by atoms with Gasteiger partial charge in [-0.15, -0.1) is 0 Å². The molecule has 0 radical (unpaired) electrons. The minimum absolute atomic E-state index is 0.221. The van der Waals surface area contributed by atoms with Gasteiger partial charge in [-0.3, -0.25) is 0 Å². The van der Waals surface area contributed by atoms with E-state index in [0.29, 0.717) is 18.2 Å². The smallest absolute Gasteiger partial charge is 0.376 e. The lowest BCUT2D eigenvalue weighted by molar-refractivity contribution is 0.219. The van der Waals surface area contributed by atoms with Crippen LogP contribution in [0.15, 0.2) is 30.3 Å². The van der Waals surface area contributed by atoms with Gasteiger partial charge in [-0.1, -0.05) is 61.2 Å². The zero-order valence-corrected chi connectivity index (χ0v) is 21.6. The average Bonchev–Trinajstić information content (AvgIpc) is 2.67. The molecule has 0 amide bonds. The third kappa shape index (κ3) is 28.5. The summed E-state index contributed by atoms with van der Waals surface area (Å²) in [5.41, 5.74) is 5.29. The number of ether oxygens (including phenoxy) is 1. The Balaban J connectivity index is -0.000000369. The number of hydrogen-bond acceptors (Lipinski definition) is 5. The van der Waals surface area contributed by atoms with Crippen molar-refractivity contribution in [3.63, 3.8) is 0 Å². The molecule has 1 aromatic rings. The summed E-state index contributed by atoms with van der Waals surface area (Å²) in [6.45, 7) is 10.9. The lowest BCUT2D eigenvalue weighted by Gasteiger charge is -2.12. The molecule has 0 bridgehead atoms. The number of halogens is 1. The van der Waals surface area contributed by atoms with Crippen LogP contribution in [0.4, 0.5) is 0 Å². The van der Waals surface area contributed by atoms with Crippen LogP contribution in [0.2, 0.25) is 0 Å². The highest BCUT2D eigenvalue weighted by Gasteiger charge is 2.19. The van der Waals surface area contributed by atoms with E-state index >= 15 is 0 Å². The summed E-state index contributed by atoms with van der Waals surface area (Å²) in [5, 5.41) is 0. The first-order valence-corrected chi connectivity index (χ1v) is 14.7. The van der Waals surface area contributed by atoms with E-state index in [9.17, 15) is 9.46 Å². The number of nitrogens with two attached hydrogens (primary N) is 1. The molecule has 2 atom stereocenters. The van der Waals surface area contributed by atoms with Gasteiger partial charge in [-0.05, 0) is 53.1 Å². The Kier molecular flexibility index (Phi) is 28.6. The maximum Gasteiger partial charge on any atom is 0.376 e. The van der Waals surface area contributed by atoms with Crippen molar-refractivity contribution >= 4 is 37.7 Å². The first-order chi connectivity index (χ1) is 12.8. The molecule has 162 valence electrons. The molecule has 0 aliphatic carbocycles. The number of hydrogen-bond donors (Lipinski definition) is 2. The van der Waals surface area contributed by atoms with E-state index in [0.717, 1.165) is 25.2 Å². The fraction of sp³-hybridized carbons (Fsp3) is 0.684. The monoisotopic (exact) mass is 535 g/mol. The molecule has 1 aromatic carbocycles. The van der Waals surface area contributed by atoms with Crippen LogP contribution in [0.5, 0.6) is 5.75 Å². The van der Waals surface area contributed by atoms with Gasteiger partial charge in [0.2, 0.25) is 0 Å². The van der Waals surface area contributed by atoms with E-state index < -0.39 is 7.60 Å². The Labute approximate surface area is 183 Å². The quantitative estimate of drug-likeness (QED) is 0.212. The molecule has 0 heterocycles. The Morgan fingerprint density at radius 3 is 2.11 bits per heavy atom. The van der Waals surface area contributed by atoms with Gasteiger partial charge < -0.3 is 19.9 Å². The summed E-state index contributed by atoms with van der Waals surface area (Å²) in [6.07, 6.45) is 2.90. The van der Waals surface area contributed by atoms with Gasteiger partial charge in [0.05, 0.1) is 12.8 Å². The minimum atomic E-state index is -3.43. The van der Waals surface area contributed by atoms with E-state index in [-0.39, 0.29) is 6.16 Å². The summed E-state index contributed by atoms with van der Waals surface area (Å²) in [7, 11) is 0.0554. The van der Waals surface area contributed by atoms with Crippen molar-refractivity contribution in [1.29, 1.82) is 0 Å². The lowest BCUT2D eigenvalue weighted by Crippen LogP contribution is -2.11. The van der Waals surface area contributed by atoms with E-state index in [1.54, 1.807) is 40.3 Å². The molecule has 1 rings (SSSR count). The molecule has 5 nitrogen and oxygen atoms in total. The van der Waals surface area contributed by atoms with Crippen LogP contribution in [0, 0.1) is 0 Å². The van der Waals surface area contributed by atoms with Crippen molar-refractivity contribution < 1.29 is 18.7 Å². The van der Waals surface area contributed by atoms with E-state index in [4.69, 9.17) is 15.0 Å². The molecular weight excluding hydrogens is 496 g/mol. The third-order valence-corrected chi connectivity index (χ3v) is 5.81. The van der Waals surface area contributed by atoms with Crippen molar-refractivity contribution in [2.75, 3.05) is 25.6 Å². The number of para-hydroxylation sites is 1. The first-order valence-electron chi connectivity index (χ1n) is 9.37. The molecule has 0 aliphatic heterocycles. The van der Waals surface area contributed by atoms with Gasteiger partial charge in [0.1, 0.15) is 5.75 Å². The minimum Gasteiger partial charge on any atom is -0.424 e. The lowest BCUT2D eigenvalue weighted by atomic mass is 10.3. The molecule has 0 aromatic heterocycles. The standard InChI is InChI=1S/C10H15O3P.C4H11N.C3H7IOS.C2H6/c1-2-3-9-14(11,12)13-10-7-5-4-6-8-10;1-3-4(2)5;1-5-2-3-6-4;1-2/h4-8H,2-3,9H2,1H3,(H,11,12);4H,3,5H2,1-2H3;2-3H2,1H3;1-2H3. The molecule has 3 N–H and O–H groups in total. The molecule has 0 saturated heterocycles. The van der Waals surface area contributed by atoms with E-state index in [1.165, 1.54) is 0 Å². The number of benzene rings is 1. The van der Waals surface area contributed by atoms with Gasteiger partial charge in [0.25, 0.3) is 0 Å². The van der Waals surface area contributed by atoms with Crippen LogP contribution in [-0.2, 0) is 9.30 Å².